The van der Waals surface area contributed by atoms with Crippen molar-refractivity contribution < 1.29 is 4.42 Å². The third-order valence-corrected chi connectivity index (χ3v) is 4.24. The first-order chi connectivity index (χ1) is 11.2. The summed E-state index contributed by atoms with van der Waals surface area (Å²) in [6, 6.07) is 16.1. The minimum absolute atomic E-state index is 0.686. The smallest absolute Gasteiger partial charge is 0.136 e. The van der Waals surface area contributed by atoms with Gasteiger partial charge in [-0.15, -0.1) is 0 Å². The van der Waals surface area contributed by atoms with Crippen molar-refractivity contribution in [3.05, 3.63) is 65.4 Å². The summed E-state index contributed by atoms with van der Waals surface area (Å²) in [6.45, 7) is 4.01. The number of aryl methyl sites for hydroxylation is 2. The van der Waals surface area contributed by atoms with Crippen LogP contribution >= 0.6 is 0 Å². The highest BCUT2D eigenvalue weighted by atomic mass is 16.3. The molecule has 0 spiro atoms. The van der Waals surface area contributed by atoms with Crippen LogP contribution in [0.5, 0.6) is 0 Å². The van der Waals surface area contributed by atoms with E-state index < -0.39 is 0 Å². The Bertz CT molecular complexity index is 1090. The van der Waals surface area contributed by atoms with Gasteiger partial charge in [-0.1, -0.05) is 12.1 Å². The quantitative estimate of drug-likeness (QED) is 0.489. The largest absolute Gasteiger partial charge is 0.456 e. The number of fused-ring (bicyclic) bond motifs is 3. The molecule has 0 aliphatic carbocycles. The summed E-state index contributed by atoms with van der Waals surface area (Å²) in [5.41, 5.74) is 6.27. The number of nitrogens with zero attached hydrogens (tertiary/aromatic N) is 2. The van der Waals surface area contributed by atoms with Gasteiger partial charge in [-0.3, -0.25) is 4.98 Å². The molecule has 3 nitrogen and oxygen atoms in total. The van der Waals surface area contributed by atoms with Gasteiger partial charge in [0.2, 0.25) is 0 Å². The Kier molecular flexibility index (Phi) is 2.92. The number of furan rings is 1. The van der Waals surface area contributed by atoms with Gasteiger partial charge in [0, 0.05) is 22.5 Å². The second-order valence-corrected chi connectivity index (χ2v) is 5.72. The SMILES string of the molecule is Cc1cc2c(cc1-c1ccccn1)oc1ccc(C)c(C#N)c12. The van der Waals surface area contributed by atoms with Crippen LogP contribution in [-0.4, -0.2) is 4.98 Å². The van der Waals surface area contributed by atoms with Gasteiger partial charge in [-0.2, -0.15) is 5.26 Å². The van der Waals surface area contributed by atoms with Crippen LogP contribution in [0.1, 0.15) is 16.7 Å². The number of aromatic nitrogens is 1. The zero-order chi connectivity index (χ0) is 16.0. The lowest BCUT2D eigenvalue weighted by atomic mass is 9.98. The van der Waals surface area contributed by atoms with Crippen LogP contribution in [-0.2, 0) is 0 Å². The summed E-state index contributed by atoms with van der Waals surface area (Å²) in [4.78, 5) is 4.42. The van der Waals surface area contributed by atoms with Crippen LogP contribution in [0.25, 0.3) is 33.2 Å². The van der Waals surface area contributed by atoms with E-state index in [9.17, 15) is 5.26 Å². The predicted octanol–water partition coefficient (Wildman–Crippen LogP) is 5.14. The van der Waals surface area contributed by atoms with Crippen LogP contribution in [0.15, 0.2) is 53.1 Å². The fourth-order valence-corrected chi connectivity index (χ4v) is 3.07. The molecule has 0 unspecified atom stereocenters. The summed E-state index contributed by atoms with van der Waals surface area (Å²) < 4.78 is 5.99. The maximum absolute atomic E-state index is 9.49. The fraction of sp³-hybridized carbons (Fsp3) is 0.100. The van der Waals surface area contributed by atoms with Crippen molar-refractivity contribution in [3.8, 4) is 17.3 Å². The van der Waals surface area contributed by atoms with E-state index in [1.807, 2.05) is 43.3 Å². The lowest BCUT2D eigenvalue weighted by Crippen LogP contribution is -1.87. The number of hydrogen-bond donors (Lipinski definition) is 0. The molecule has 0 N–H and O–H groups in total. The summed E-state index contributed by atoms with van der Waals surface area (Å²) in [7, 11) is 0. The maximum Gasteiger partial charge on any atom is 0.136 e. The molecule has 0 aliphatic heterocycles. The zero-order valence-electron chi connectivity index (χ0n) is 12.9. The van der Waals surface area contributed by atoms with E-state index in [2.05, 4.69) is 24.0 Å². The van der Waals surface area contributed by atoms with Gasteiger partial charge in [0.25, 0.3) is 0 Å². The Morgan fingerprint density at radius 2 is 1.87 bits per heavy atom. The summed E-state index contributed by atoms with van der Waals surface area (Å²) in [5.74, 6) is 0. The molecular weight excluding hydrogens is 284 g/mol. The van der Waals surface area contributed by atoms with Crippen LogP contribution in [0.3, 0.4) is 0 Å². The third kappa shape index (κ3) is 2.00. The van der Waals surface area contributed by atoms with Crippen molar-refractivity contribution in [2.24, 2.45) is 0 Å². The minimum Gasteiger partial charge on any atom is -0.456 e. The minimum atomic E-state index is 0.686. The molecule has 0 saturated carbocycles. The fourth-order valence-electron chi connectivity index (χ4n) is 3.07. The van der Waals surface area contributed by atoms with E-state index in [0.717, 1.165) is 44.3 Å². The Balaban J connectivity index is 2.09. The molecule has 4 rings (SSSR count). The first kappa shape index (κ1) is 13.5. The predicted molar refractivity (Wildman–Crippen MR) is 91.1 cm³/mol. The van der Waals surface area contributed by atoms with Gasteiger partial charge in [0.15, 0.2) is 0 Å². The van der Waals surface area contributed by atoms with Crippen molar-refractivity contribution in [1.82, 2.24) is 4.98 Å². The molecule has 2 aromatic heterocycles. The van der Waals surface area contributed by atoms with E-state index in [-0.39, 0.29) is 0 Å². The van der Waals surface area contributed by atoms with E-state index in [1.54, 1.807) is 6.20 Å². The van der Waals surface area contributed by atoms with Crippen molar-refractivity contribution in [2.45, 2.75) is 13.8 Å². The van der Waals surface area contributed by atoms with Crippen molar-refractivity contribution in [3.63, 3.8) is 0 Å². The van der Waals surface area contributed by atoms with E-state index in [4.69, 9.17) is 4.42 Å². The molecule has 0 saturated heterocycles. The number of rotatable bonds is 1. The van der Waals surface area contributed by atoms with Gasteiger partial charge in [-0.25, -0.2) is 0 Å². The Morgan fingerprint density at radius 3 is 2.61 bits per heavy atom. The van der Waals surface area contributed by atoms with Crippen molar-refractivity contribution in [2.75, 3.05) is 0 Å². The average Bonchev–Trinajstić information content (AvgIpc) is 2.93. The number of pyridine rings is 1. The lowest BCUT2D eigenvalue weighted by molar-refractivity contribution is 0.669. The molecule has 0 atom stereocenters. The average molecular weight is 298 g/mol. The molecule has 110 valence electrons. The second kappa shape index (κ2) is 4.96. The molecule has 0 radical (unpaired) electrons. The summed E-state index contributed by atoms with van der Waals surface area (Å²) in [6.07, 6.45) is 1.79. The molecule has 0 fully saturated rings. The Labute approximate surface area is 133 Å². The third-order valence-electron chi connectivity index (χ3n) is 4.24. The topological polar surface area (TPSA) is 49.8 Å². The standard InChI is InChI=1S/C20H14N2O/c1-12-6-7-18-20(16(12)11-21)15-9-13(2)14(10-19(15)23-18)17-5-3-4-8-22-17/h3-10H,1-2H3. The second-order valence-electron chi connectivity index (χ2n) is 5.72. The van der Waals surface area contributed by atoms with E-state index in [0.29, 0.717) is 5.56 Å². The zero-order valence-corrected chi connectivity index (χ0v) is 12.9. The lowest BCUT2D eigenvalue weighted by Gasteiger charge is -2.05. The molecule has 4 aromatic rings. The van der Waals surface area contributed by atoms with Crippen molar-refractivity contribution in [1.29, 1.82) is 5.26 Å². The molecule has 23 heavy (non-hydrogen) atoms. The normalized spacial score (nSPS) is 11.0. The number of benzene rings is 2. The molecule has 0 bridgehead atoms. The molecule has 0 aliphatic rings. The Morgan fingerprint density at radius 1 is 1.00 bits per heavy atom. The Hall–Kier alpha value is -3.12. The summed E-state index contributed by atoms with van der Waals surface area (Å²) in [5, 5.41) is 11.4. The van der Waals surface area contributed by atoms with Crippen LogP contribution < -0.4 is 0 Å². The monoisotopic (exact) mass is 298 g/mol. The summed E-state index contributed by atoms with van der Waals surface area (Å²) >= 11 is 0. The van der Waals surface area contributed by atoms with Gasteiger partial charge in [0.05, 0.1) is 11.3 Å². The van der Waals surface area contributed by atoms with Gasteiger partial charge < -0.3 is 4.42 Å². The molecule has 2 heterocycles. The maximum atomic E-state index is 9.49. The van der Waals surface area contributed by atoms with Crippen LogP contribution in [0.4, 0.5) is 0 Å². The van der Waals surface area contributed by atoms with E-state index in [1.165, 1.54) is 0 Å². The first-order valence-corrected chi connectivity index (χ1v) is 7.47. The highest BCUT2D eigenvalue weighted by Crippen LogP contribution is 2.36. The molecular formula is C20H14N2O. The molecule has 3 heteroatoms. The van der Waals surface area contributed by atoms with Gasteiger partial charge in [-0.05, 0) is 55.3 Å². The molecule has 0 amide bonds. The highest BCUT2D eigenvalue weighted by molar-refractivity contribution is 6.09. The van der Waals surface area contributed by atoms with E-state index >= 15 is 0 Å². The van der Waals surface area contributed by atoms with Crippen molar-refractivity contribution >= 4 is 21.9 Å². The van der Waals surface area contributed by atoms with Gasteiger partial charge in [0.1, 0.15) is 17.2 Å². The number of hydrogen-bond acceptors (Lipinski definition) is 3. The van der Waals surface area contributed by atoms with Crippen LogP contribution in [0.2, 0.25) is 0 Å². The first-order valence-electron chi connectivity index (χ1n) is 7.47. The highest BCUT2D eigenvalue weighted by Gasteiger charge is 2.15. The molecule has 2 aromatic carbocycles. The number of nitriles is 1. The van der Waals surface area contributed by atoms with Crippen LogP contribution in [0, 0.1) is 25.2 Å². The van der Waals surface area contributed by atoms with Gasteiger partial charge >= 0.3 is 0 Å².